The summed E-state index contributed by atoms with van der Waals surface area (Å²) in [5.41, 5.74) is 6.17. The summed E-state index contributed by atoms with van der Waals surface area (Å²) in [5, 5.41) is 13.0. The van der Waals surface area contributed by atoms with Crippen molar-refractivity contribution in [3.63, 3.8) is 0 Å². The Bertz CT molecular complexity index is 1040. The Labute approximate surface area is 211 Å². The molecule has 0 radical (unpaired) electrons. The molecule has 9 nitrogen and oxygen atoms in total. The van der Waals surface area contributed by atoms with Crippen molar-refractivity contribution >= 4 is 33.6 Å². The van der Waals surface area contributed by atoms with Crippen molar-refractivity contribution in [3.8, 4) is 0 Å². The fraction of sp³-hybridized carbons (Fsp3) is 0.458. The number of aliphatic hydroxyl groups excluding tert-OH is 1. The Morgan fingerprint density at radius 2 is 1.89 bits per heavy atom. The van der Waals surface area contributed by atoms with Crippen molar-refractivity contribution in [2.75, 3.05) is 32.0 Å². The first-order valence-corrected chi connectivity index (χ1v) is 13.8. The van der Waals surface area contributed by atoms with Crippen molar-refractivity contribution in [2.24, 2.45) is 5.92 Å². The molecule has 3 rings (SSSR count). The minimum atomic E-state index is -3.91. The Morgan fingerprint density at radius 3 is 2.49 bits per heavy atom. The Hall–Kier alpha value is -2.31. The number of nitrogens with two attached hydrogens (primary N) is 1. The van der Waals surface area contributed by atoms with Crippen LogP contribution < -0.4 is 11.1 Å². The number of nitrogens with one attached hydrogen (secondary N) is 1. The third-order valence-corrected chi connectivity index (χ3v) is 8.33. The molecule has 1 aliphatic rings. The maximum Gasteiger partial charge on any atom is 0.408 e. The highest BCUT2D eigenvalue weighted by Crippen LogP contribution is 2.26. The van der Waals surface area contributed by atoms with E-state index in [1.807, 2.05) is 44.2 Å². The summed E-state index contributed by atoms with van der Waals surface area (Å²) in [7, 11) is -3.91. The van der Waals surface area contributed by atoms with Crippen LogP contribution in [0.2, 0.25) is 0 Å². The Kier molecular flexibility index (Phi) is 9.81. The third kappa shape index (κ3) is 8.11. The van der Waals surface area contributed by atoms with Crippen LogP contribution in [0.3, 0.4) is 0 Å². The number of nitrogens with zero attached hydrogens (tertiary/aromatic N) is 1. The number of carbonyl (C=O) groups is 1. The zero-order chi connectivity index (χ0) is 25.4. The van der Waals surface area contributed by atoms with Crippen molar-refractivity contribution in [1.29, 1.82) is 0 Å². The Morgan fingerprint density at radius 1 is 1.20 bits per heavy atom. The first-order chi connectivity index (χ1) is 16.6. The fourth-order valence-corrected chi connectivity index (χ4v) is 6.16. The molecule has 0 aromatic heterocycles. The summed E-state index contributed by atoms with van der Waals surface area (Å²) in [6, 6.07) is 15.2. The van der Waals surface area contributed by atoms with Crippen molar-refractivity contribution < 1.29 is 27.8 Å². The van der Waals surface area contributed by atoms with E-state index >= 15 is 0 Å². The van der Waals surface area contributed by atoms with Gasteiger partial charge in [0.1, 0.15) is 11.5 Å². The topological polar surface area (TPSA) is 131 Å². The molecule has 2 unspecified atom stereocenters. The molecule has 11 heteroatoms. The van der Waals surface area contributed by atoms with E-state index in [2.05, 4.69) is 5.32 Å². The minimum Gasteiger partial charge on any atom is -0.444 e. The second-order valence-corrected chi connectivity index (χ2v) is 11.9. The zero-order valence-corrected chi connectivity index (χ0v) is 21.5. The van der Waals surface area contributed by atoms with E-state index in [1.54, 1.807) is 0 Å². The number of thioether (sulfide) groups is 1. The lowest BCUT2D eigenvalue weighted by Gasteiger charge is -2.30. The van der Waals surface area contributed by atoms with Crippen LogP contribution in [-0.4, -0.2) is 67.8 Å². The highest BCUT2D eigenvalue weighted by molar-refractivity contribution is 8.00. The minimum absolute atomic E-state index is 0.00581. The van der Waals surface area contributed by atoms with E-state index in [9.17, 15) is 18.3 Å². The number of ether oxygens (including phenoxy) is 2. The molecule has 1 aliphatic heterocycles. The molecule has 2 aromatic rings. The molecular formula is C24H33N3O6S2. The number of alkyl carbamates (subject to hydrolysis) is 1. The number of anilines is 1. The van der Waals surface area contributed by atoms with E-state index in [-0.39, 0.29) is 30.0 Å². The zero-order valence-electron chi connectivity index (χ0n) is 19.9. The van der Waals surface area contributed by atoms with Crippen LogP contribution in [-0.2, 0) is 19.5 Å². The second kappa shape index (κ2) is 12.6. The van der Waals surface area contributed by atoms with Crippen LogP contribution in [0.4, 0.5) is 10.5 Å². The van der Waals surface area contributed by atoms with Crippen LogP contribution in [0, 0.1) is 5.92 Å². The van der Waals surface area contributed by atoms with Gasteiger partial charge in [0.15, 0.2) is 0 Å². The summed E-state index contributed by atoms with van der Waals surface area (Å²) in [6.07, 6.45) is -1.66. The SMILES string of the molecule is CC(C)CN(CC(O)C(NC(=O)O[C@H]1CCOC1)Sc1ccccc1)S(=O)(=O)c1ccc(N)cc1. The number of hydrogen-bond donors (Lipinski definition) is 3. The predicted molar refractivity (Wildman–Crippen MR) is 135 cm³/mol. The number of sulfonamides is 1. The predicted octanol–water partition coefficient (Wildman–Crippen LogP) is 2.91. The number of aliphatic hydroxyl groups is 1. The molecule has 35 heavy (non-hydrogen) atoms. The van der Waals surface area contributed by atoms with Gasteiger partial charge in [0.05, 0.1) is 24.2 Å². The standard InChI is InChI=1S/C24H33N3O6S2/c1-17(2)14-27(35(30,31)21-10-8-18(25)9-11-21)15-22(28)23(34-20-6-4-3-5-7-20)26-24(29)33-19-12-13-32-16-19/h3-11,17,19,22-23,28H,12-16,25H2,1-2H3,(H,26,29)/t19-,22?,23?/m0/s1. The van der Waals surface area contributed by atoms with E-state index in [0.29, 0.717) is 25.3 Å². The molecule has 3 atom stereocenters. The number of rotatable bonds is 11. The van der Waals surface area contributed by atoms with Gasteiger partial charge in [-0.25, -0.2) is 13.2 Å². The molecule has 1 fully saturated rings. The van der Waals surface area contributed by atoms with E-state index in [1.165, 1.54) is 40.3 Å². The lowest BCUT2D eigenvalue weighted by Crippen LogP contribution is -2.49. The summed E-state index contributed by atoms with van der Waals surface area (Å²) >= 11 is 1.22. The summed E-state index contributed by atoms with van der Waals surface area (Å²) in [6.45, 7) is 4.61. The average Bonchev–Trinajstić information content (AvgIpc) is 3.31. The van der Waals surface area contributed by atoms with Crippen LogP contribution in [0.15, 0.2) is 64.4 Å². The smallest absolute Gasteiger partial charge is 0.408 e. The molecule has 0 aliphatic carbocycles. The average molecular weight is 524 g/mol. The maximum atomic E-state index is 13.4. The Balaban J connectivity index is 1.80. The van der Waals surface area contributed by atoms with Gasteiger partial charge in [0, 0.05) is 30.1 Å². The quantitative estimate of drug-likeness (QED) is 0.233. The molecular weight excluding hydrogens is 490 g/mol. The van der Waals surface area contributed by atoms with Crippen LogP contribution in [0.1, 0.15) is 20.3 Å². The highest BCUT2D eigenvalue weighted by atomic mass is 32.2. The largest absolute Gasteiger partial charge is 0.444 e. The summed E-state index contributed by atoms with van der Waals surface area (Å²) in [4.78, 5) is 13.4. The summed E-state index contributed by atoms with van der Waals surface area (Å²) in [5.74, 6) is 0.00581. The van der Waals surface area contributed by atoms with Gasteiger partial charge in [-0.15, -0.1) is 0 Å². The van der Waals surface area contributed by atoms with Gasteiger partial charge in [0.25, 0.3) is 0 Å². The first-order valence-electron chi connectivity index (χ1n) is 11.5. The van der Waals surface area contributed by atoms with Crippen LogP contribution in [0.25, 0.3) is 0 Å². The molecule has 1 saturated heterocycles. The normalized spacial score (nSPS) is 17.9. The van der Waals surface area contributed by atoms with E-state index in [4.69, 9.17) is 15.2 Å². The lowest BCUT2D eigenvalue weighted by molar-refractivity contribution is 0.0743. The van der Waals surface area contributed by atoms with Crippen molar-refractivity contribution in [1.82, 2.24) is 9.62 Å². The highest BCUT2D eigenvalue weighted by Gasteiger charge is 2.32. The maximum absolute atomic E-state index is 13.4. The number of nitrogen functional groups attached to an aromatic ring is 1. The van der Waals surface area contributed by atoms with Gasteiger partial charge >= 0.3 is 6.09 Å². The van der Waals surface area contributed by atoms with Crippen molar-refractivity contribution in [2.45, 2.75) is 47.6 Å². The van der Waals surface area contributed by atoms with Gasteiger partial charge in [-0.05, 0) is 42.3 Å². The number of amides is 1. The first kappa shape index (κ1) is 27.3. The van der Waals surface area contributed by atoms with Gasteiger partial charge < -0.3 is 25.6 Å². The number of benzene rings is 2. The third-order valence-electron chi connectivity index (χ3n) is 5.25. The molecule has 0 spiro atoms. The van der Waals surface area contributed by atoms with Crippen molar-refractivity contribution in [3.05, 3.63) is 54.6 Å². The van der Waals surface area contributed by atoms with Gasteiger partial charge in [-0.1, -0.05) is 43.8 Å². The molecule has 0 bridgehead atoms. The molecule has 192 valence electrons. The van der Waals surface area contributed by atoms with Crippen LogP contribution in [0.5, 0.6) is 0 Å². The number of carbonyl (C=O) groups excluding carboxylic acids is 1. The summed E-state index contributed by atoms with van der Waals surface area (Å²) < 4.78 is 38.7. The lowest BCUT2D eigenvalue weighted by atomic mass is 10.2. The van der Waals surface area contributed by atoms with E-state index < -0.39 is 27.6 Å². The van der Waals surface area contributed by atoms with Crippen LogP contribution >= 0.6 is 11.8 Å². The van der Waals surface area contributed by atoms with E-state index in [0.717, 1.165) is 4.90 Å². The molecule has 4 N–H and O–H groups in total. The molecule has 0 saturated carbocycles. The molecule has 1 heterocycles. The second-order valence-electron chi connectivity index (χ2n) is 8.74. The molecule has 2 aromatic carbocycles. The fourth-order valence-electron chi connectivity index (χ4n) is 3.53. The van der Waals surface area contributed by atoms with Gasteiger partial charge in [-0.3, -0.25) is 0 Å². The van der Waals surface area contributed by atoms with Gasteiger partial charge in [-0.2, -0.15) is 4.31 Å². The van der Waals surface area contributed by atoms with Gasteiger partial charge in [0.2, 0.25) is 10.0 Å². The molecule has 1 amide bonds. The monoisotopic (exact) mass is 523 g/mol. The number of hydrogen-bond acceptors (Lipinski definition) is 8.